The molecule has 0 radical (unpaired) electrons. The summed E-state index contributed by atoms with van der Waals surface area (Å²) < 4.78 is 13.4. The molecule has 0 aliphatic heterocycles. The van der Waals surface area contributed by atoms with E-state index in [-0.39, 0.29) is 11.7 Å². The third-order valence-corrected chi connectivity index (χ3v) is 2.25. The molecule has 76 valence electrons. The molecule has 0 N–H and O–H groups in total. The largest absolute Gasteiger partial charge is 0.239 e. The molecule has 1 heterocycles. The molecule has 0 bridgehead atoms. The van der Waals surface area contributed by atoms with E-state index in [9.17, 15) is 4.39 Å². The topological polar surface area (TPSA) is 25.8 Å². The average molecular weight is 223 g/mol. The van der Waals surface area contributed by atoms with Gasteiger partial charge in [0.1, 0.15) is 11.6 Å². The summed E-state index contributed by atoms with van der Waals surface area (Å²) in [6.07, 6.45) is 3.15. The van der Waals surface area contributed by atoms with Crippen LogP contribution in [0.3, 0.4) is 0 Å². The summed E-state index contributed by atoms with van der Waals surface area (Å²) in [5, 5.41) is 0. The number of nitrogens with zero attached hydrogens (tertiary/aromatic N) is 2. The van der Waals surface area contributed by atoms with Gasteiger partial charge in [-0.15, -0.1) is 11.6 Å². The number of hydrogen-bond donors (Lipinski definition) is 0. The van der Waals surface area contributed by atoms with Crippen LogP contribution in [0, 0.1) is 5.82 Å². The minimum atomic E-state index is -0.278. The number of rotatable bonds is 2. The lowest BCUT2D eigenvalue weighted by Gasteiger charge is -2.02. The molecule has 1 aromatic heterocycles. The number of hydrogen-bond acceptors (Lipinski definition) is 2. The van der Waals surface area contributed by atoms with Crippen LogP contribution in [-0.4, -0.2) is 9.97 Å². The number of alkyl halides is 1. The molecule has 0 amide bonds. The summed E-state index contributed by atoms with van der Waals surface area (Å²) in [6.45, 7) is 0. The monoisotopic (exact) mass is 222 g/mol. The van der Waals surface area contributed by atoms with E-state index >= 15 is 0 Å². The van der Waals surface area contributed by atoms with Crippen molar-refractivity contribution in [3.05, 3.63) is 48.3 Å². The van der Waals surface area contributed by atoms with Crippen LogP contribution in [0.15, 0.2) is 36.7 Å². The summed E-state index contributed by atoms with van der Waals surface area (Å²) in [6, 6.07) is 6.51. The van der Waals surface area contributed by atoms with Crippen molar-refractivity contribution >= 4 is 11.6 Å². The van der Waals surface area contributed by atoms with Crippen molar-refractivity contribution < 1.29 is 4.39 Å². The first kappa shape index (κ1) is 10.1. The molecule has 0 saturated heterocycles. The number of aromatic nitrogens is 2. The second-order valence-corrected chi connectivity index (χ2v) is 3.27. The van der Waals surface area contributed by atoms with Crippen molar-refractivity contribution in [1.29, 1.82) is 0 Å². The Labute approximate surface area is 91.8 Å². The van der Waals surface area contributed by atoms with Crippen LogP contribution >= 0.6 is 11.6 Å². The smallest absolute Gasteiger partial charge is 0.142 e. The van der Waals surface area contributed by atoms with E-state index in [1.807, 2.05) is 0 Å². The van der Waals surface area contributed by atoms with Crippen LogP contribution in [0.5, 0.6) is 0 Å². The highest BCUT2D eigenvalue weighted by Gasteiger charge is 2.04. The summed E-state index contributed by atoms with van der Waals surface area (Å²) >= 11 is 5.56. The zero-order valence-electron chi connectivity index (χ0n) is 7.82. The molecule has 0 unspecified atom stereocenters. The van der Waals surface area contributed by atoms with E-state index < -0.39 is 0 Å². The maximum Gasteiger partial charge on any atom is 0.142 e. The molecule has 0 saturated carbocycles. The van der Waals surface area contributed by atoms with Crippen molar-refractivity contribution in [2.45, 2.75) is 5.88 Å². The van der Waals surface area contributed by atoms with E-state index in [1.165, 1.54) is 6.07 Å². The third-order valence-electron chi connectivity index (χ3n) is 2.01. The molecular formula is C11H8ClFN2. The van der Waals surface area contributed by atoms with Crippen LogP contribution in [-0.2, 0) is 5.88 Å². The Morgan fingerprint density at radius 3 is 2.40 bits per heavy atom. The molecule has 2 nitrogen and oxygen atoms in total. The van der Waals surface area contributed by atoms with E-state index in [0.717, 1.165) is 0 Å². The van der Waals surface area contributed by atoms with Crippen LogP contribution in [0.25, 0.3) is 11.1 Å². The predicted molar refractivity (Wildman–Crippen MR) is 57.0 cm³/mol. The molecular weight excluding hydrogens is 215 g/mol. The summed E-state index contributed by atoms with van der Waals surface area (Å²) in [5.74, 6) is 0.522. The van der Waals surface area contributed by atoms with Crippen LogP contribution in [0.4, 0.5) is 4.39 Å². The molecule has 15 heavy (non-hydrogen) atoms. The number of benzene rings is 1. The SMILES string of the molecule is Fc1ccccc1-c1cnc(CCl)nc1. The molecule has 4 heteroatoms. The molecule has 1 aromatic carbocycles. The average Bonchev–Trinajstić information content (AvgIpc) is 2.30. The van der Waals surface area contributed by atoms with E-state index in [4.69, 9.17) is 11.6 Å². The minimum absolute atomic E-state index is 0.261. The van der Waals surface area contributed by atoms with Crippen LogP contribution in [0.1, 0.15) is 5.82 Å². The van der Waals surface area contributed by atoms with Crippen molar-refractivity contribution in [2.75, 3.05) is 0 Å². The van der Waals surface area contributed by atoms with Gasteiger partial charge < -0.3 is 0 Å². The molecule has 0 spiro atoms. The molecule has 0 aliphatic rings. The van der Waals surface area contributed by atoms with E-state index in [2.05, 4.69) is 9.97 Å². The maximum absolute atomic E-state index is 13.4. The van der Waals surface area contributed by atoms with Gasteiger partial charge in [-0.2, -0.15) is 0 Å². The lowest BCUT2D eigenvalue weighted by molar-refractivity contribution is 0.631. The fourth-order valence-electron chi connectivity index (χ4n) is 1.26. The fourth-order valence-corrected chi connectivity index (χ4v) is 1.40. The first-order valence-electron chi connectivity index (χ1n) is 4.43. The minimum Gasteiger partial charge on any atom is -0.239 e. The van der Waals surface area contributed by atoms with Gasteiger partial charge in [-0.1, -0.05) is 18.2 Å². The van der Waals surface area contributed by atoms with Crippen molar-refractivity contribution in [2.24, 2.45) is 0 Å². The molecule has 2 aromatic rings. The summed E-state index contributed by atoms with van der Waals surface area (Å²) in [4.78, 5) is 8.01. The Balaban J connectivity index is 2.42. The Kier molecular flexibility index (Phi) is 2.92. The normalized spacial score (nSPS) is 10.3. The van der Waals surface area contributed by atoms with E-state index in [0.29, 0.717) is 17.0 Å². The van der Waals surface area contributed by atoms with E-state index in [1.54, 1.807) is 30.6 Å². The standard InChI is InChI=1S/C11H8ClFN2/c12-5-11-14-6-8(7-15-11)9-3-1-2-4-10(9)13/h1-4,6-7H,5H2. The Hall–Kier alpha value is -1.48. The first-order valence-corrected chi connectivity index (χ1v) is 4.96. The lowest BCUT2D eigenvalue weighted by Crippen LogP contribution is -1.92. The highest BCUT2D eigenvalue weighted by atomic mass is 35.5. The van der Waals surface area contributed by atoms with Gasteiger partial charge in [0.05, 0.1) is 5.88 Å². The van der Waals surface area contributed by atoms with Gasteiger partial charge in [-0.3, -0.25) is 0 Å². The van der Waals surface area contributed by atoms with Crippen molar-refractivity contribution in [1.82, 2.24) is 9.97 Å². The Morgan fingerprint density at radius 2 is 1.80 bits per heavy atom. The Bertz CT molecular complexity index is 456. The Morgan fingerprint density at radius 1 is 1.13 bits per heavy atom. The molecule has 2 rings (SSSR count). The van der Waals surface area contributed by atoms with Gasteiger partial charge >= 0.3 is 0 Å². The second kappa shape index (κ2) is 4.36. The summed E-state index contributed by atoms with van der Waals surface area (Å²) in [7, 11) is 0. The van der Waals surface area contributed by atoms with Gasteiger partial charge in [-0.05, 0) is 6.07 Å². The zero-order valence-corrected chi connectivity index (χ0v) is 8.58. The highest BCUT2D eigenvalue weighted by molar-refractivity contribution is 6.16. The predicted octanol–water partition coefficient (Wildman–Crippen LogP) is 3.02. The van der Waals surface area contributed by atoms with Gasteiger partial charge in [-0.25, -0.2) is 14.4 Å². The van der Waals surface area contributed by atoms with Crippen LogP contribution < -0.4 is 0 Å². The molecule has 0 fully saturated rings. The van der Waals surface area contributed by atoms with Gasteiger partial charge in [0.15, 0.2) is 0 Å². The summed E-state index contributed by atoms with van der Waals surface area (Å²) in [5.41, 5.74) is 1.15. The lowest BCUT2D eigenvalue weighted by atomic mass is 10.1. The zero-order chi connectivity index (χ0) is 10.7. The fraction of sp³-hybridized carbons (Fsp3) is 0.0909. The maximum atomic E-state index is 13.4. The van der Waals surface area contributed by atoms with Gasteiger partial charge in [0.25, 0.3) is 0 Å². The quantitative estimate of drug-likeness (QED) is 0.730. The van der Waals surface area contributed by atoms with Gasteiger partial charge in [0, 0.05) is 23.5 Å². The first-order chi connectivity index (χ1) is 7.31. The van der Waals surface area contributed by atoms with Crippen molar-refractivity contribution in [3.8, 4) is 11.1 Å². The third kappa shape index (κ3) is 2.13. The second-order valence-electron chi connectivity index (χ2n) is 3.00. The molecule has 0 atom stereocenters. The number of halogens is 2. The van der Waals surface area contributed by atoms with Gasteiger partial charge in [0.2, 0.25) is 0 Å². The van der Waals surface area contributed by atoms with Crippen LogP contribution in [0.2, 0.25) is 0 Å². The molecule has 0 aliphatic carbocycles. The van der Waals surface area contributed by atoms with Crippen molar-refractivity contribution in [3.63, 3.8) is 0 Å². The highest BCUT2D eigenvalue weighted by Crippen LogP contribution is 2.20.